The Kier molecular flexibility index (Phi) is 5.46. The number of nitrogens with zero attached hydrogens (tertiary/aromatic N) is 1. The molecule has 2 heterocycles. The summed E-state index contributed by atoms with van der Waals surface area (Å²) in [6.45, 7) is 16.4. The molecule has 0 saturated heterocycles. The highest BCUT2D eigenvalue weighted by atomic mass is 32.1. The van der Waals surface area contributed by atoms with Gasteiger partial charge in [-0.2, -0.15) is 0 Å². The molecule has 0 atom stereocenters. The van der Waals surface area contributed by atoms with E-state index in [0.29, 0.717) is 5.92 Å². The van der Waals surface area contributed by atoms with E-state index in [1.165, 1.54) is 53.0 Å². The fourth-order valence-electron chi connectivity index (χ4n) is 5.13. The smallest absolute Gasteiger partial charge is 0.0888 e. The van der Waals surface area contributed by atoms with Gasteiger partial charge in [-0.15, -0.1) is 11.3 Å². The van der Waals surface area contributed by atoms with Crippen molar-refractivity contribution < 1.29 is 0 Å². The highest BCUT2D eigenvalue weighted by molar-refractivity contribution is 7.19. The molecule has 0 N–H and O–H groups in total. The van der Waals surface area contributed by atoms with Crippen LogP contribution in [0.5, 0.6) is 0 Å². The number of rotatable bonds is 4. The molecule has 0 aliphatic rings. The third kappa shape index (κ3) is 4.02. The van der Waals surface area contributed by atoms with Gasteiger partial charge in [-0.3, -0.25) is 0 Å². The van der Waals surface area contributed by atoms with Gasteiger partial charge in [0.2, 0.25) is 0 Å². The fourth-order valence-corrected chi connectivity index (χ4v) is 8.14. The average molecular weight is 468 g/mol. The summed E-state index contributed by atoms with van der Waals surface area (Å²) in [6.07, 6.45) is 1.11. The minimum atomic E-state index is -1.54. The number of benzene rings is 3. The van der Waals surface area contributed by atoms with Crippen molar-refractivity contribution in [3.8, 4) is 11.3 Å². The predicted molar refractivity (Wildman–Crippen MR) is 151 cm³/mol. The van der Waals surface area contributed by atoms with Gasteiger partial charge in [0, 0.05) is 21.2 Å². The fraction of sp³-hybridized carbons (Fsp3) is 0.300. The Morgan fingerprint density at radius 1 is 0.909 bits per heavy atom. The quantitative estimate of drug-likeness (QED) is 0.241. The lowest BCUT2D eigenvalue weighted by atomic mass is 9.99. The van der Waals surface area contributed by atoms with Crippen LogP contribution in [-0.2, 0) is 6.42 Å². The molecule has 0 saturated carbocycles. The lowest BCUT2D eigenvalue weighted by Crippen LogP contribution is -2.38. The molecule has 0 radical (unpaired) electrons. The van der Waals surface area contributed by atoms with Crippen LogP contribution in [-0.4, -0.2) is 13.1 Å². The Bertz CT molecular complexity index is 1520. The van der Waals surface area contributed by atoms with E-state index < -0.39 is 8.07 Å². The second-order valence-corrected chi connectivity index (χ2v) is 17.2. The molecule has 168 valence electrons. The minimum absolute atomic E-state index is 0.642. The van der Waals surface area contributed by atoms with Gasteiger partial charge in [0.15, 0.2) is 0 Å². The van der Waals surface area contributed by atoms with Crippen LogP contribution in [0.15, 0.2) is 54.6 Å². The van der Waals surface area contributed by atoms with Gasteiger partial charge < -0.3 is 0 Å². The zero-order valence-electron chi connectivity index (χ0n) is 20.8. The third-order valence-corrected chi connectivity index (χ3v) is 9.71. The lowest BCUT2D eigenvalue weighted by molar-refractivity contribution is 0.654. The zero-order valence-corrected chi connectivity index (χ0v) is 22.7. The van der Waals surface area contributed by atoms with E-state index in [2.05, 4.69) is 102 Å². The monoisotopic (exact) mass is 467 g/mol. The Labute approximate surface area is 202 Å². The van der Waals surface area contributed by atoms with Gasteiger partial charge in [0.25, 0.3) is 0 Å². The van der Waals surface area contributed by atoms with Crippen molar-refractivity contribution in [3.63, 3.8) is 0 Å². The van der Waals surface area contributed by atoms with E-state index >= 15 is 0 Å². The molecule has 3 aromatic carbocycles. The highest BCUT2D eigenvalue weighted by Gasteiger charge is 2.22. The van der Waals surface area contributed by atoms with Crippen molar-refractivity contribution in [2.75, 3.05) is 0 Å². The number of pyridine rings is 1. The second-order valence-electron chi connectivity index (χ2n) is 11.0. The minimum Gasteiger partial charge on any atom is -0.246 e. The molecule has 0 unspecified atom stereocenters. The first kappa shape index (κ1) is 22.3. The van der Waals surface area contributed by atoms with Crippen molar-refractivity contribution in [1.82, 2.24) is 4.98 Å². The molecule has 5 aromatic rings. The molecule has 0 aliphatic carbocycles. The van der Waals surface area contributed by atoms with Crippen LogP contribution < -0.4 is 5.19 Å². The number of hydrogen-bond acceptors (Lipinski definition) is 2. The summed E-state index contributed by atoms with van der Waals surface area (Å²) in [4.78, 5) is 6.80. The summed E-state index contributed by atoms with van der Waals surface area (Å²) in [5.74, 6) is 0.642. The highest BCUT2D eigenvalue weighted by Crippen LogP contribution is 2.40. The van der Waals surface area contributed by atoms with Crippen LogP contribution in [0.1, 0.15) is 29.9 Å². The normalized spacial score (nSPS) is 12.5. The average Bonchev–Trinajstić information content (AvgIpc) is 3.13. The number of hydrogen-bond donors (Lipinski definition) is 0. The van der Waals surface area contributed by atoms with E-state index in [9.17, 15) is 0 Å². The van der Waals surface area contributed by atoms with Crippen LogP contribution in [0.4, 0.5) is 0 Å². The summed E-state index contributed by atoms with van der Waals surface area (Å²) >= 11 is 1.94. The van der Waals surface area contributed by atoms with Crippen LogP contribution in [0.25, 0.3) is 43.0 Å². The van der Waals surface area contributed by atoms with E-state index in [-0.39, 0.29) is 0 Å². The van der Waals surface area contributed by atoms with Gasteiger partial charge >= 0.3 is 0 Å². The van der Waals surface area contributed by atoms with Crippen molar-refractivity contribution >= 4 is 56.4 Å². The third-order valence-electron chi connectivity index (χ3n) is 6.51. The first-order valence-corrected chi connectivity index (χ1v) is 16.3. The topological polar surface area (TPSA) is 12.9 Å². The maximum absolute atomic E-state index is 5.34. The Morgan fingerprint density at radius 3 is 2.39 bits per heavy atom. The van der Waals surface area contributed by atoms with Crippen LogP contribution in [0.3, 0.4) is 0 Å². The van der Waals surface area contributed by atoms with Crippen molar-refractivity contribution in [2.45, 2.75) is 53.8 Å². The molecule has 5 rings (SSSR count). The molecule has 0 amide bonds. The number of aryl methyl sites for hydroxylation is 2. The van der Waals surface area contributed by atoms with Crippen molar-refractivity contribution in [2.24, 2.45) is 5.92 Å². The van der Waals surface area contributed by atoms with Gasteiger partial charge in [-0.25, -0.2) is 4.98 Å². The first-order valence-electron chi connectivity index (χ1n) is 12.0. The van der Waals surface area contributed by atoms with Crippen LogP contribution >= 0.6 is 11.3 Å². The maximum Gasteiger partial charge on any atom is 0.0888 e. The largest absolute Gasteiger partial charge is 0.246 e. The summed E-state index contributed by atoms with van der Waals surface area (Å²) in [5, 5.41) is 6.93. The van der Waals surface area contributed by atoms with Crippen molar-refractivity contribution in [3.05, 3.63) is 70.6 Å². The molecule has 33 heavy (non-hydrogen) atoms. The molecule has 3 heteroatoms. The second kappa shape index (κ2) is 8.07. The summed E-state index contributed by atoms with van der Waals surface area (Å²) < 4.78 is 1.34. The standard InChI is InChI=1S/C30H33NSSi/c1-18(2)12-23-17-25-28-20(4)13-19(3)14-26(28)31-29(30(25)32-23)22-15-21-10-8-9-11-24(21)27(16-22)33(5,6)7/h8-11,13-18H,12H2,1-7H3. The predicted octanol–water partition coefficient (Wildman–Crippen LogP) is 8.63. The van der Waals surface area contributed by atoms with Gasteiger partial charge in [0.1, 0.15) is 0 Å². The van der Waals surface area contributed by atoms with Crippen LogP contribution in [0, 0.1) is 19.8 Å². The number of fused-ring (bicyclic) bond motifs is 4. The van der Waals surface area contributed by atoms with E-state index in [1.807, 2.05) is 11.3 Å². The molecule has 0 spiro atoms. The number of thiophene rings is 1. The van der Waals surface area contributed by atoms with Crippen LogP contribution in [0.2, 0.25) is 19.6 Å². The molecular weight excluding hydrogens is 434 g/mol. The molecular formula is C30H33NSSi. The molecule has 2 aromatic heterocycles. The molecule has 0 bridgehead atoms. The summed E-state index contributed by atoms with van der Waals surface area (Å²) in [7, 11) is -1.54. The molecule has 1 nitrogen and oxygen atoms in total. The Hall–Kier alpha value is -2.49. The number of aromatic nitrogens is 1. The Morgan fingerprint density at radius 2 is 1.67 bits per heavy atom. The SMILES string of the molecule is Cc1cc(C)c2c(c1)nc(-c1cc([Si](C)(C)C)c3ccccc3c1)c1sc(CC(C)C)cc12. The van der Waals surface area contributed by atoms with E-state index in [1.54, 1.807) is 0 Å². The van der Waals surface area contributed by atoms with Gasteiger partial charge in [0.05, 0.1) is 24.0 Å². The lowest BCUT2D eigenvalue weighted by Gasteiger charge is -2.21. The van der Waals surface area contributed by atoms with Crippen molar-refractivity contribution in [1.29, 1.82) is 0 Å². The van der Waals surface area contributed by atoms with Gasteiger partial charge in [-0.1, -0.05) is 75.1 Å². The summed E-state index contributed by atoms with van der Waals surface area (Å²) in [6, 6.07) is 20.7. The Balaban J connectivity index is 1.89. The van der Waals surface area contributed by atoms with E-state index in [0.717, 1.165) is 17.6 Å². The first-order chi connectivity index (χ1) is 15.6. The maximum atomic E-state index is 5.34. The summed E-state index contributed by atoms with van der Waals surface area (Å²) in [5.41, 5.74) is 6.12. The molecule has 0 aliphatic heterocycles. The van der Waals surface area contributed by atoms with E-state index in [4.69, 9.17) is 4.98 Å². The zero-order chi connectivity index (χ0) is 23.5. The molecule has 0 fully saturated rings. The van der Waals surface area contributed by atoms with Gasteiger partial charge in [-0.05, 0) is 66.3 Å².